The minimum atomic E-state index is -0.338. The Balaban J connectivity index is 1.60. The summed E-state index contributed by atoms with van der Waals surface area (Å²) in [7, 11) is 0. The van der Waals surface area contributed by atoms with E-state index in [1.54, 1.807) is 16.8 Å². The zero-order chi connectivity index (χ0) is 21.2. The number of aromatic amines is 1. The lowest BCUT2D eigenvalue weighted by atomic mass is 9.99. The number of fused-ring (bicyclic) bond motifs is 1. The number of hydrogen-bond donors (Lipinski definition) is 2. The van der Waals surface area contributed by atoms with Crippen LogP contribution in [0.3, 0.4) is 0 Å². The van der Waals surface area contributed by atoms with Crippen molar-refractivity contribution >= 4 is 17.0 Å². The molecule has 3 aromatic carbocycles. The predicted octanol–water partition coefficient (Wildman–Crippen LogP) is 4.45. The molecule has 0 bridgehead atoms. The van der Waals surface area contributed by atoms with E-state index in [-0.39, 0.29) is 17.4 Å². The maximum absolute atomic E-state index is 13.5. The van der Waals surface area contributed by atoms with Crippen molar-refractivity contribution in [2.24, 2.45) is 0 Å². The average Bonchev–Trinajstić information content (AvgIpc) is 3.24. The Kier molecular flexibility index (Phi) is 4.76. The third kappa shape index (κ3) is 3.69. The zero-order valence-corrected chi connectivity index (χ0v) is 16.4. The highest BCUT2D eigenvalue weighted by molar-refractivity contribution is 5.76. The van der Waals surface area contributed by atoms with Gasteiger partial charge in [0.1, 0.15) is 11.2 Å². The SMILES string of the molecule is O=c1[nH]c(NC(c2ccccc2)c2ccc(F)cc2)nc2c1cnn2-c1ccccc1. The Hall–Kier alpha value is -4.26. The second-order valence-electron chi connectivity index (χ2n) is 7.08. The number of benzene rings is 3. The van der Waals surface area contributed by atoms with Gasteiger partial charge in [-0.15, -0.1) is 0 Å². The number of nitrogens with one attached hydrogen (secondary N) is 2. The van der Waals surface area contributed by atoms with Crippen LogP contribution in [-0.4, -0.2) is 19.7 Å². The monoisotopic (exact) mass is 411 g/mol. The third-order valence-electron chi connectivity index (χ3n) is 5.06. The topological polar surface area (TPSA) is 75.6 Å². The summed E-state index contributed by atoms with van der Waals surface area (Å²) in [4.78, 5) is 20.1. The molecule has 0 amide bonds. The lowest BCUT2D eigenvalue weighted by Gasteiger charge is -2.20. The summed E-state index contributed by atoms with van der Waals surface area (Å²) >= 11 is 0. The highest BCUT2D eigenvalue weighted by Gasteiger charge is 2.17. The number of rotatable bonds is 5. The number of hydrogen-bond acceptors (Lipinski definition) is 4. The fraction of sp³-hybridized carbons (Fsp3) is 0.0417. The molecule has 1 atom stereocenters. The van der Waals surface area contributed by atoms with Crippen LogP contribution in [0.2, 0.25) is 0 Å². The Morgan fingerprint density at radius 1 is 0.871 bits per heavy atom. The number of aromatic nitrogens is 4. The summed E-state index contributed by atoms with van der Waals surface area (Å²) in [5, 5.41) is 8.04. The van der Waals surface area contributed by atoms with Gasteiger partial charge in [-0.3, -0.25) is 9.78 Å². The van der Waals surface area contributed by atoms with Gasteiger partial charge in [-0.1, -0.05) is 60.7 Å². The van der Waals surface area contributed by atoms with Crippen LogP contribution >= 0.6 is 0 Å². The molecule has 152 valence electrons. The van der Waals surface area contributed by atoms with Gasteiger partial charge in [0.15, 0.2) is 5.65 Å². The highest BCUT2D eigenvalue weighted by Crippen LogP contribution is 2.26. The molecule has 7 heteroatoms. The van der Waals surface area contributed by atoms with Gasteiger partial charge in [0.05, 0.1) is 17.9 Å². The predicted molar refractivity (Wildman–Crippen MR) is 118 cm³/mol. The second kappa shape index (κ2) is 7.87. The fourth-order valence-electron chi connectivity index (χ4n) is 3.54. The van der Waals surface area contributed by atoms with E-state index in [0.717, 1.165) is 16.8 Å². The van der Waals surface area contributed by atoms with Gasteiger partial charge in [0, 0.05) is 0 Å². The number of nitrogens with zero attached hydrogens (tertiary/aromatic N) is 3. The number of para-hydroxylation sites is 1. The van der Waals surface area contributed by atoms with Gasteiger partial charge in [0.2, 0.25) is 5.95 Å². The molecular formula is C24H18FN5O. The zero-order valence-electron chi connectivity index (χ0n) is 16.4. The summed E-state index contributed by atoms with van der Waals surface area (Å²) in [6, 6.07) is 25.1. The molecule has 0 saturated carbocycles. The van der Waals surface area contributed by atoms with E-state index in [9.17, 15) is 9.18 Å². The maximum atomic E-state index is 13.5. The van der Waals surface area contributed by atoms with Crippen molar-refractivity contribution < 1.29 is 4.39 Å². The van der Waals surface area contributed by atoms with Gasteiger partial charge in [0.25, 0.3) is 5.56 Å². The molecule has 0 radical (unpaired) electrons. The Morgan fingerprint density at radius 2 is 1.52 bits per heavy atom. The van der Waals surface area contributed by atoms with Crippen molar-refractivity contribution in [3.05, 3.63) is 118 Å². The highest BCUT2D eigenvalue weighted by atomic mass is 19.1. The van der Waals surface area contributed by atoms with Crippen LogP contribution in [0.5, 0.6) is 0 Å². The molecule has 2 heterocycles. The molecule has 0 fully saturated rings. The first kappa shape index (κ1) is 18.7. The Labute approximate surface area is 177 Å². The van der Waals surface area contributed by atoms with E-state index in [1.165, 1.54) is 18.3 Å². The van der Waals surface area contributed by atoms with Crippen LogP contribution in [0, 0.1) is 5.82 Å². The molecule has 0 spiro atoms. The van der Waals surface area contributed by atoms with E-state index < -0.39 is 0 Å². The van der Waals surface area contributed by atoms with Crippen molar-refractivity contribution in [3.8, 4) is 5.69 Å². The van der Waals surface area contributed by atoms with E-state index in [1.807, 2.05) is 60.7 Å². The minimum Gasteiger partial charge on any atom is -0.345 e. The van der Waals surface area contributed by atoms with Gasteiger partial charge in [-0.05, 0) is 35.4 Å². The summed E-state index contributed by atoms with van der Waals surface area (Å²) in [5.74, 6) is -0.0105. The van der Waals surface area contributed by atoms with Crippen molar-refractivity contribution in [2.45, 2.75) is 6.04 Å². The minimum absolute atomic E-state index is 0.291. The third-order valence-corrected chi connectivity index (χ3v) is 5.06. The number of H-pyrrole nitrogens is 1. The molecule has 2 N–H and O–H groups in total. The van der Waals surface area contributed by atoms with Crippen LogP contribution in [0.25, 0.3) is 16.7 Å². The van der Waals surface area contributed by atoms with Gasteiger partial charge in [-0.2, -0.15) is 10.1 Å². The quantitative estimate of drug-likeness (QED) is 0.448. The molecular weight excluding hydrogens is 393 g/mol. The number of halogens is 1. The summed E-state index contributed by atoms with van der Waals surface area (Å²) in [5.41, 5.74) is 2.75. The van der Waals surface area contributed by atoms with Gasteiger partial charge >= 0.3 is 0 Å². The molecule has 0 aliphatic rings. The maximum Gasteiger partial charge on any atom is 0.263 e. The molecule has 0 saturated heterocycles. The summed E-state index contributed by atoms with van der Waals surface area (Å²) in [6.45, 7) is 0. The van der Waals surface area contributed by atoms with Crippen molar-refractivity contribution in [1.29, 1.82) is 0 Å². The lowest BCUT2D eigenvalue weighted by Crippen LogP contribution is -2.18. The summed E-state index contributed by atoms with van der Waals surface area (Å²) in [6.07, 6.45) is 1.51. The lowest BCUT2D eigenvalue weighted by molar-refractivity contribution is 0.626. The van der Waals surface area contributed by atoms with Crippen molar-refractivity contribution in [1.82, 2.24) is 19.7 Å². The van der Waals surface area contributed by atoms with Crippen molar-refractivity contribution in [2.75, 3.05) is 5.32 Å². The number of anilines is 1. The normalized spacial score (nSPS) is 12.0. The van der Waals surface area contributed by atoms with E-state index >= 15 is 0 Å². The van der Waals surface area contributed by atoms with Crippen LogP contribution in [0.4, 0.5) is 10.3 Å². The van der Waals surface area contributed by atoms with Crippen LogP contribution in [0.15, 0.2) is 95.9 Å². The standard InChI is InChI=1S/C24H18FN5O/c25-18-13-11-17(12-14-18)21(16-7-3-1-4-8-16)27-24-28-22-20(23(31)29-24)15-26-30(22)19-9-5-2-6-10-19/h1-15,21H,(H2,27,28,29,31). The molecule has 1 unspecified atom stereocenters. The molecule has 0 aliphatic heterocycles. The largest absolute Gasteiger partial charge is 0.345 e. The Morgan fingerprint density at radius 3 is 2.23 bits per heavy atom. The summed E-state index contributed by atoms with van der Waals surface area (Å²) < 4.78 is 15.1. The molecule has 5 rings (SSSR count). The Bertz CT molecular complexity index is 1380. The van der Waals surface area contributed by atoms with Crippen LogP contribution < -0.4 is 10.9 Å². The van der Waals surface area contributed by atoms with E-state index in [2.05, 4.69) is 20.4 Å². The molecule has 2 aromatic heterocycles. The molecule has 31 heavy (non-hydrogen) atoms. The van der Waals surface area contributed by atoms with Gasteiger partial charge < -0.3 is 5.32 Å². The fourth-order valence-corrected chi connectivity index (χ4v) is 3.54. The average molecular weight is 411 g/mol. The van der Waals surface area contributed by atoms with E-state index in [4.69, 9.17) is 0 Å². The van der Waals surface area contributed by atoms with Gasteiger partial charge in [-0.25, -0.2) is 9.07 Å². The van der Waals surface area contributed by atoms with Crippen LogP contribution in [0.1, 0.15) is 17.2 Å². The van der Waals surface area contributed by atoms with E-state index in [0.29, 0.717) is 17.0 Å². The molecule has 0 aliphatic carbocycles. The first-order valence-electron chi connectivity index (χ1n) is 9.79. The first-order chi connectivity index (χ1) is 15.2. The molecule has 6 nitrogen and oxygen atoms in total. The second-order valence-corrected chi connectivity index (χ2v) is 7.08. The van der Waals surface area contributed by atoms with Crippen molar-refractivity contribution in [3.63, 3.8) is 0 Å². The van der Waals surface area contributed by atoms with Crippen LogP contribution in [-0.2, 0) is 0 Å². The molecule has 5 aromatic rings. The first-order valence-corrected chi connectivity index (χ1v) is 9.79. The smallest absolute Gasteiger partial charge is 0.263 e.